The molecule has 0 amide bonds. The van der Waals surface area contributed by atoms with Gasteiger partial charge in [-0.25, -0.2) is 18.7 Å². The van der Waals surface area contributed by atoms with Crippen molar-refractivity contribution in [2.45, 2.75) is 19.6 Å². The predicted octanol–water partition coefficient (Wildman–Crippen LogP) is 4.32. The lowest BCUT2D eigenvalue weighted by atomic mass is 10.1. The molecule has 0 spiro atoms. The fraction of sp³-hybridized carbons (Fsp3) is 0.208. The van der Waals surface area contributed by atoms with Gasteiger partial charge in [0.2, 0.25) is 5.95 Å². The van der Waals surface area contributed by atoms with E-state index in [0.717, 1.165) is 21.2 Å². The molecule has 0 bridgehead atoms. The molecule has 5 rings (SSSR count). The number of aromatic nitrogens is 5. The van der Waals surface area contributed by atoms with Gasteiger partial charge in [0.1, 0.15) is 11.4 Å². The SMILES string of the molecule is CCOC(=O)c1cc2c3cnc(Nc4ccc(F)c(Cl)c4)nc3n3nc(C(F)(F)F)cc3c2n(CCO)c1=O. The summed E-state index contributed by atoms with van der Waals surface area (Å²) in [6.07, 6.45) is -3.56. The zero-order chi connectivity index (χ0) is 28.1. The van der Waals surface area contributed by atoms with Crippen LogP contribution in [0, 0.1) is 5.82 Å². The highest BCUT2D eigenvalue weighted by Gasteiger charge is 2.35. The number of ether oxygens (including phenoxy) is 1. The van der Waals surface area contributed by atoms with Crippen molar-refractivity contribution in [1.29, 1.82) is 0 Å². The van der Waals surface area contributed by atoms with Crippen LogP contribution in [0.2, 0.25) is 5.02 Å². The van der Waals surface area contributed by atoms with E-state index in [4.69, 9.17) is 16.3 Å². The van der Waals surface area contributed by atoms with E-state index in [1.165, 1.54) is 24.4 Å². The van der Waals surface area contributed by atoms with Crippen LogP contribution in [0.25, 0.3) is 27.5 Å². The van der Waals surface area contributed by atoms with Crippen molar-refractivity contribution in [1.82, 2.24) is 24.1 Å². The molecule has 10 nitrogen and oxygen atoms in total. The molecule has 4 heterocycles. The number of pyridine rings is 2. The standard InChI is InChI=1S/C24H17ClF4N6O4/c1-2-39-22(38)13-8-12-14-10-30-23(31-11-3-4-16(26)15(25)7-11)32-20(14)35-17(9-18(33-35)24(27,28)29)19(12)34(5-6-36)21(13)37/h3-4,7-10,36H,2,5-6H2,1H3,(H,30,31,32). The first kappa shape index (κ1) is 26.3. The number of nitrogens with zero attached hydrogens (tertiary/aromatic N) is 5. The number of carbonyl (C=O) groups excluding carboxylic acids is 1. The van der Waals surface area contributed by atoms with Crippen molar-refractivity contribution in [2.24, 2.45) is 0 Å². The van der Waals surface area contributed by atoms with E-state index in [1.807, 2.05) is 0 Å². The lowest BCUT2D eigenvalue weighted by Crippen LogP contribution is -2.29. The second kappa shape index (κ2) is 9.78. The molecule has 4 aromatic heterocycles. The van der Waals surface area contributed by atoms with E-state index in [-0.39, 0.29) is 57.1 Å². The van der Waals surface area contributed by atoms with Gasteiger partial charge in [0.05, 0.1) is 29.3 Å². The number of aliphatic hydroxyl groups excluding tert-OH is 1. The number of hydrogen-bond donors (Lipinski definition) is 2. The van der Waals surface area contributed by atoms with Gasteiger partial charge in [-0.05, 0) is 37.3 Å². The lowest BCUT2D eigenvalue weighted by molar-refractivity contribution is -0.141. The summed E-state index contributed by atoms with van der Waals surface area (Å²) in [6.45, 7) is 0.637. The summed E-state index contributed by atoms with van der Waals surface area (Å²) in [6, 6.07) is 5.68. The van der Waals surface area contributed by atoms with Crippen LogP contribution in [0.3, 0.4) is 0 Å². The topological polar surface area (TPSA) is 124 Å². The molecule has 202 valence electrons. The van der Waals surface area contributed by atoms with E-state index in [9.17, 15) is 32.3 Å². The average Bonchev–Trinajstić information content (AvgIpc) is 3.34. The number of anilines is 2. The average molecular weight is 565 g/mol. The molecule has 39 heavy (non-hydrogen) atoms. The Morgan fingerprint density at radius 2 is 1.97 bits per heavy atom. The van der Waals surface area contributed by atoms with Crippen LogP contribution >= 0.6 is 11.6 Å². The molecular formula is C24H17ClF4N6O4. The maximum Gasteiger partial charge on any atom is 0.435 e. The molecule has 0 atom stereocenters. The highest BCUT2D eigenvalue weighted by molar-refractivity contribution is 6.31. The number of nitrogens with one attached hydrogen (secondary N) is 1. The number of halogens is 5. The van der Waals surface area contributed by atoms with Crippen molar-refractivity contribution < 1.29 is 32.2 Å². The Labute approximate surface area is 220 Å². The quantitative estimate of drug-likeness (QED) is 0.178. The molecule has 0 aliphatic heterocycles. The minimum atomic E-state index is -4.84. The number of rotatable bonds is 6. The molecule has 0 saturated heterocycles. The summed E-state index contributed by atoms with van der Waals surface area (Å²) in [5, 5.41) is 16.2. The third-order valence-corrected chi connectivity index (χ3v) is 6.08. The van der Waals surface area contributed by atoms with Crippen molar-refractivity contribution in [3.63, 3.8) is 0 Å². The Balaban J connectivity index is 1.86. The van der Waals surface area contributed by atoms with E-state index in [1.54, 1.807) is 6.92 Å². The van der Waals surface area contributed by atoms with E-state index >= 15 is 0 Å². The van der Waals surface area contributed by atoms with Gasteiger partial charge in [-0.15, -0.1) is 0 Å². The summed E-state index contributed by atoms with van der Waals surface area (Å²) in [4.78, 5) is 34.3. The van der Waals surface area contributed by atoms with Gasteiger partial charge in [0.25, 0.3) is 5.56 Å². The molecule has 0 aliphatic rings. The van der Waals surface area contributed by atoms with Gasteiger partial charge in [-0.1, -0.05) is 11.6 Å². The van der Waals surface area contributed by atoms with Gasteiger partial charge in [0, 0.05) is 29.2 Å². The fourth-order valence-corrected chi connectivity index (χ4v) is 4.33. The van der Waals surface area contributed by atoms with Gasteiger partial charge in [0.15, 0.2) is 11.3 Å². The fourth-order valence-electron chi connectivity index (χ4n) is 4.15. The molecule has 0 aliphatic carbocycles. The smallest absolute Gasteiger partial charge is 0.435 e. The number of hydrogen-bond acceptors (Lipinski definition) is 8. The predicted molar refractivity (Wildman–Crippen MR) is 133 cm³/mol. The van der Waals surface area contributed by atoms with Crippen LogP contribution in [-0.2, 0) is 17.5 Å². The molecule has 2 N–H and O–H groups in total. The van der Waals surface area contributed by atoms with Gasteiger partial charge < -0.3 is 19.7 Å². The summed E-state index contributed by atoms with van der Waals surface area (Å²) < 4.78 is 61.6. The molecule has 0 fully saturated rings. The largest absolute Gasteiger partial charge is 0.462 e. The lowest BCUT2D eigenvalue weighted by Gasteiger charge is -2.15. The van der Waals surface area contributed by atoms with Crippen LogP contribution in [0.5, 0.6) is 0 Å². The van der Waals surface area contributed by atoms with Gasteiger partial charge in [-0.2, -0.15) is 23.3 Å². The summed E-state index contributed by atoms with van der Waals surface area (Å²) in [5.74, 6) is -1.68. The first-order chi connectivity index (χ1) is 18.5. The number of benzene rings is 1. The highest BCUT2D eigenvalue weighted by atomic mass is 35.5. The maximum absolute atomic E-state index is 13.7. The number of alkyl halides is 3. The highest BCUT2D eigenvalue weighted by Crippen LogP contribution is 2.34. The zero-order valence-corrected chi connectivity index (χ0v) is 20.6. The summed E-state index contributed by atoms with van der Waals surface area (Å²) in [7, 11) is 0. The summed E-state index contributed by atoms with van der Waals surface area (Å²) >= 11 is 5.82. The first-order valence-electron chi connectivity index (χ1n) is 11.4. The third-order valence-electron chi connectivity index (χ3n) is 5.79. The zero-order valence-electron chi connectivity index (χ0n) is 19.9. The molecule has 5 aromatic rings. The molecular weight excluding hydrogens is 548 g/mol. The van der Waals surface area contributed by atoms with Crippen LogP contribution in [0.4, 0.5) is 29.2 Å². The Hall–Kier alpha value is -4.30. The number of fused-ring (bicyclic) bond motifs is 6. The maximum atomic E-state index is 13.7. The Bertz CT molecular complexity index is 1840. The van der Waals surface area contributed by atoms with Gasteiger partial charge >= 0.3 is 12.1 Å². The Kier molecular flexibility index (Phi) is 6.60. The molecule has 0 radical (unpaired) electrons. The van der Waals surface area contributed by atoms with E-state index < -0.39 is 35.8 Å². The van der Waals surface area contributed by atoms with Crippen molar-refractivity contribution in [3.05, 3.63) is 69.0 Å². The first-order valence-corrected chi connectivity index (χ1v) is 11.7. The second-order valence-electron chi connectivity index (χ2n) is 8.23. The van der Waals surface area contributed by atoms with Crippen molar-refractivity contribution >= 4 is 56.7 Å². The number of aliphatic hydroxyl groups is 1. The van der Waals surface area contributed by atoms with Crippen LogP contribution in [-0.4, -0.2) is 48.4 Å². The van der Waals surface area contributed by atoms with E-state index in [0.29, 0.717) is 5.69 Å². The van der Waals surface area contributed by atoms with Crippen molar-refractivity contribution in [2.75, 3.05) is 18.5 Å². The van der Waals surface area contributed by atoms with Crippen LogP contribution < -0.4 is 10.9 Å². The minimum Gasteiger partial charge on any atom is -0.462 e. The molecule has 1 aromatic carbocycles. The third kappa shape index (κ3) is 4.61. The summed E-state index contributed by atoms with van der Waals surface area (Å²) in [5.41, 5.74) is -2.47. The molecule has 0 unspecified atom stereocenters. The van der Waals surface area contributed by atoms with Crippen LogP contribution in [0.1, 0.15) is 23.0 Å². The van der Waals surface area contributed by atoms with Crippen molar-refractivity contribution in [3.8, 4) is 0 Å². The van der Waals surface area contributed by atoms with Gasteiger partial charge in [-0.3, -0.25) is 4.79 Å². The monoisotopic (exact) mass is 564 g/mol. The van der Waals surface area contributed by atoms with Crippen LogP contribution in [0.15, 0.2) is 41.3 Å². The molecule has 0 saturated carbocycles. The number of esters is 1. The normalized spacial score (nSPS) is 12.0. The second-order valence-corrected chi connectivity index (χ2v) is 8.64. The number of carbonyl (C=O) groups is 1. The molecule has 15 heteroatoms. The minimum absolute atomic E-state index is 0.0211. The Morgan fingerprint density at radius 1 is 1.21 bits per heavy atom. The van der Waals surface area contributed by atoms with E-state index in [2.05, 4.69) is 20.4 Å². The Morgan fingerprint density at radius 3 is 2.64 bits per heavy atom.